The highest BCUT2D eigenvalue weighted by molar-refractivity contribution is 6.07. The van der Waals surface area contributed by atoms with Gasteiger partial charge in [-0.05, 0) is 80.9 Å². The zero-order valence-corrected chi connectivity index (χ0v) is 22.5. The van der Waals surface area contributed by atoms with Crippen molar-refractivity contribution in [2.24, 2.45) is 11.0 Å². The van der Waals surface area contributed by atoms with Gasteiger partial charge in [-0.2, -0.15) is 5.10 Å². The van der Waals surface area contributed by atoms with Crippen LogP contribution in [0.4, 0.5) is 0 Å². The molecule has 0 aromatic heterocycles. The molecule has 1 aliphatic carbocycles. The molecule has 0 bridgehead atoms. The molecule has 206 valence electrons. The summed E-state index contributed by atoms with van der Waals surface area (Å²) in [6.45, 7) is 4.82. The first-order chi connectivity index (χ1) is 19.0. The topological polar surface area (TPSA) is 93.4 Å². The van der Waals surface area contributed by atoms with Crippen LogP contribution in [0.1, 0.15) is 62.1 Å². The Morgan fingerprint density at radius 1 is 0.846 bits per heavy atom. The number of aliphatic carboxylic acids is 2. The first-order valence-corrected chi connectivity index (χ1v) is 14.0. The monoisotopic (exact) mass is 529 g/mol. The first kappa shape index (κ1) is 28.3. The Bertz CT molecular complexity index is 1150. The molecule has 0 radical (unpaired) electrons. The van der Waals surface area contributed by atoms with Crippen LogP contribution in [0.25, 0.3) is 6.08 Å². The maximum absolute atomic E-state index is 9.55. The SMILES string of the molecule is C(=C1\CCCC2C1=NN(CCCN1CCCCC1)C2c1ccccc1)/c1ccccc1.O=C(O)/C=C\C(=O)O. The smallest absolute Gasteiger partial charge is 0.328 e. The maximum Gasteiger partial charge on any atom is 0.328 e. The molecule has 2 N–H and O–H groups in total. The minimum absolute atomic E-state index is 0.386. The van der Waals surface area contributed by atoms with E-state index in [1.54, 1.807) is 0 Å². The average molecular weight is 530 g/mol. The Kier molecular flexibility index (Phi) is 10.5. The molecule has 2 fully saturated rings. The number of nitrogens with zero attached hydrogens (tertiary/aromatic N) is 3. The molecule has 2 aromatic carbocycles. The van der Waals surface area contributed by atoms with E-state index >= 15 is 0 Å². The lowest BCUT2D eigenvalue weighted by Crippen LogP contribution is -2.33. The number of likely N-dealkylation sites (tertiary alicyclic amines) is 1. The van der Waals surface area contributed by atoms with Crippen LogP contribution in [0.5, 0.6) is 0 Å². The Balaban J connectivity index is 0.000000386. The van der Waals surface area contributed by atoms with Gasteiger partial charge in [0.1, 0.15) is 0 Å². The predicted octanol–water partition coefficient (Wildman–Crippen LogP) is 5.87. The molecule has 1 saturated carbocycles. The molecule has 0 spiro atoms. The van der Waals surface area contributed by atoms with Crippen LogP contribution >= 0.6 is 0 Å². The molecule has 2 unspecified atom stereocenters. The van der Waals surface area contributed by atoms with Crippen LogP contribution in [0.2, 0.25) is 0 Å². The number of piperidine rings is 1. The zero-order chi connectivity index (χ0) is 27.5. The second-order valence-electron chi connectivity index (χ2n) is 10.3. The maximum atomic E-state index is 9.55. The summed E-state index contributed by atoms with van der Waals surface area (Å²) in [7, 11) is 0. The summed E-state index contributed by atoms with van der Waals surface area (Å²) in [5.41, 5.74) is 5.51. The third kappa shape index (κ3) is 8.39. The lowest BCUT2D eigenvalue weighted by atomic mass is 9.77. The average Bonchev–Trinajstić information content (AvgIpc) is 3.33. The number of fused-ring (bicyclic) bond motifs is 1. The largest absolute Gasteiger partial charge is 0.478 e. The van der Waals surface area contributed by atoms with Crippen LogP contribution < -0.4 is 0 Å². The van der Waals surface area contributed by atoms with Gasteiger partial charge in [0.25, 0.3) is 0 Å². The fourth-order valence-electron chi connectivity index (χ4n) is 5.79. The van der Waals surface area contributed by atoms with E-state index < -0.39 is 11.9 Å². The highest BCUT2D eigenvalue weighted by Gasteiger charge is 2.40. The highest BCUT2D eigenvalue weighted by Crippen LogP contribution is 2.44. The van der Waals surface area contributed by atoms with Gasteiger partial charge in [0.05, 0.1) is 11.8 Å². The van der Waals surface area contributed by atoms with Gasteiger partial charge in [-0.3, -0.25) is 5.01 Å². The highest BCUT2D eigenvalue weighted by atomic mass is 16.4. The second-order valence-corrected chi connectivity index (χ2v) is 10.3. The van der Waals surface area contributed by atoms with Crippen molar-refractivity contribution in [3.8, 4) is 0 Å². The number of benzene rings is 2. The summed E-state index contributed by atoms with van der Waals surface area (Å²) < 4.78 is 0. The molecule has 3 aliphatic rings. The third-order valence-electron chi connectivity index (χ3n) is 7.54. The molecule has 2 aromatic rings. The quantitative estimate of drug-likeness (QED) is 0.416. The molecule has 5 rings (SSSR count). The Morgan fingerprint density at radius 2 is 1.49 bits per heavy atom. The molecular formula is C32H39N3O4. The van der Waals surface area contributed by atoms with Gasteiger partial charge in [0, 0.05) is 24.6 Å². The summed E-state index contributed by atoms with van der Waals surface area (Å²) in [6.07, 6.45) is 12.5. The van der Waals surface area contributed by atoms with E-state index in [9.17, 15) is 9.59 Å². The van der Waals surface area contributed by atoms with Crippen LogP contribution in [0.3, 0.4) is 0 Å². The van der Waals surface area contributed by atoms with Crippen molar-refractivity contribution in [2.45, 2.75) is 51.0 Å². The second kappa shape index (κ2) is 14.4. The van der Waals surface area contributed by atoms with Gasteiger partial charge in [0.15, 0.2) is 0 Å². The summed E-state index contributed by atoms with van der Waals surface area (Å²) in [6, 6.07) is 22.2. The van der Waals surface area contributed by atoms with Gasteiger partial charge in [-0.1, -0.05) is 67.1 Å². The molecule has 39 heavy (non-hydrogen) atoms. The van der Waals surface area contributed by atoms with Crippen molar-refractivity contribution in [3.05, 3.63) is 89.5 Å². The van der Waals surface area contributed by atoms with Crippen molar-refractivity contribution in [1.82, 2.24) is 9.91 Å². The van der Waals surface area contributed by atoms with E-state index in [0.717, 1.165) is 13.0 Å². The summed E-state index contributed by atoms with van der Waals surface area (Å²) >= 11 is 0. The summed E-state index contributed by atoms with van der Waals surface area (Å²) in [5.74, 6) is -2.00. The van der Waals surface area contributed by atoms with Crippen molar-refractivity contribution in [3.63, 3.8) is 0 Å². The van der Waals surface area contributed by atoms with E-state index in [-0.39, 0.29) is 0 Å². The number of hydrogen-bond donors (Lipinski definition) is 2. The number of carboxylic acid groups (broad SMARTS) is 2. The fourth-order valence-corrected chi connectivity index (χ4v) is 5.79. The van der Waals surface area contributed by atoms with Crippen molar-refractivity contribution >= 4 is 23.7 Å². The van der Waals surface area contributed by atoms with Gasteiger partial charge in [-0.15, -0.1) is 0 Å². The minimum atomic E-state index is -1.26. The Labute approximate surface area is 231 Å². The van der Waals surface area contributed by atoms with E-state index in [1.807, 2.05) is 0 Å². The molecular weight excluding hydrogens is 490 g/mol. The summed E-state index contributed by atoms with van der Waals surface area (Å²) in [4.78, 5) is 21.8. The third-order valence-corrected chi connectivity index (χ3v) is 7.54. The molecule has 2 aliphatic heterocycles. The van der Waals surface area contributed by atoms with Crippen molar-refractivity contribution in [1.29, 1.82) is 0 Å². The number of allylic oxidation sites excluding steroid dienone is 1. The Morgan fingerprint density at radius 3 is 2.13 bits per heavy atom. The normalized spacial score (nSPS) is 22.2. The predicted molar refractivity (Wildman–Crippen MR) is 154 cm³/mol. The van der Waals surface area contributed by atoms with E-state index in [2.05, 4.69) is 76.6 Å². The number of hydrazone groups is 1. The molecule has 2 heterocycles. The minimum Gasteiger partial charge on any atom is -0.478 e. The van der Waals surface area contributed by atoms with Crippen LogP contribution in [-0.4, -0.2) is 64.0 Å². The molecule has 0 amide bonds. The van der Waals surface area contributed by atoms with E-state index in [0.29, 0.717) is 24.1 Å². The fraction of sp³-hybridized carbons (Fsp3) is 0.406. The van der Waals surface area contributed by atoms with Gasteiger partial charge >= 0.3 is 11.9 Å². The van der Waals surface area contributed by atoms with E-state index in [1.165, 1.54) is 80.6 Å². The number of hydrogen-bond acceptors (Lipinski definition) is 5. The standard InChI is InChI=1S/C28H35N3.C4H4O4/c1-4-12-23(13-5-1)22-25-16-10-17-26-27(25)29-31(28(26)24-14-6-2-7-15-24)21-11-20-30-18-8-3-9-19-30;5-3(6)1-2-4(7)8/h1-2,4-7,12-15,22,26,28H,3,8-11,16-21H2;1-2H,(H,5,6)(H,7,8)/b25-22-;2-1-. The van der Waals surface area contributed by atoms with E-state index in [4.69, 9.17) is 15.3 Å². The van der Waals surface area contributed by atoms with Gasteiger partial charge < -0.3 is 15.1 Å². The molecule has 1 saturated heterocycles. The lowest BCUT2D eigenvalue weighted by molar-refractivity contribution is -0.134. The number of rotatable bonds is 8. The van der Waals surface area contributed by atoms with Crippen molar-refractivity contribution < 1.29 is 19.8 Å². The van der Waals surface area contributed by atoms with Crippen molar-refractivity contribution in [2.75, 3.05) is 26.2 Å². The van der Waals surface area contributed by atoms with Crippen LogP contribution in [-0.2, 0) is 9.59 Å². The lowest BCUT2D eigenvalue weighted by Gasteiger charge is -2.31. The number of carbonyl (C=O) groups is 2. The van der Waals surface area contributed by atoms with Gasteiger partial charge in [0.2, 0.25) is 0 Å². The zero-order valence-electron chi connectivity index (χ0n) is 22.5. The van der Waals surface area contributed by atoms with Gasteiger partial charge in [-0.25, -0.2) is 9.59 Å². The summed E-state index contributed by atoms with van der Waals surface area (Å²) in [5, 5.41) is 23.3. The molecule has 7 heteroatoms. The van der Waals surface area contributed by atoms with Crippen LogP contribution in [0, 0.1) is 5.92 Å². The first-order valence-electron chi connectivity index (χ1n) is 14.0. The molecule has 2 atom stereocenters. The number of carboxylic acids is 2. The molecule has 7 nitrogen and oxygen atoms in total. The van der Waals surface area contributed by atoms with Crippen LogP contribution in [0.15, 0.2) is 83.5 Å². The Hall–Kier alpha value is -3.71.